The van der Waals surface area contributed by atoms with E-state index in [2.05, 4.69) is 36.8 Å². The van der Waals surface area contributed by atoms with E-state index in [1.807, 2.05) is 6.07 Å². The first-order valence-corrected chi connectivity index (χ1v) is 6.48. The van der Waals surface area contributed by atoms with Gasteiger partial charge in [0.25, 0.3) is 0 Å². The number of aromatic nitrogens is 1. The Kier molecular flexibility index (Phi) is 3.98. The molecule has 1 N–H and O–H groups in total. The Morgan fingerprint density at radius 2 is 2.00 bits per heavy atom. The van der Waals surface area contributed by atoms with Crippen molar-refractivity contribution in [3.05, 3.63) is 51.0 Å². The molecule has 2 rings (SSSR count). The Morgan fingerprint density at radius 3 is 2.67 bits per heavy atom. The number of rotatable bonds is 3. The highest BCUT2D eigenvalue weighted by Gasteiger charge is 2.15. The summed E-state index contributed by atoms with van der Waals surface area (Å²) in [5.74, 6) is -0.529. The van der Waals surface area contributed by atoms with Gasteiger partial charge in [-0.25, -0.2) is 9.78 Å². The zero-order chi connectivity index (χ0) is 13.1. The minimum atomic E-state index is -1.09. The van der Waals surface area contributed by atoms with Crippen LogP contribution >= 0.6 is 31.9 Å². The Morgan fingerprint density at radius 1 is 1.28 bits per heavy atom. The zero-order valence-corrected chi connectivity index (χ0v) is 12.1. The molecule has 0 bridgehead atoms. The molecule has 18 heavy (non-hydrogen) atoms. The zero-order valence-electron chi connectivity index (χ0n) is 8.93. The van der Waals surface area contributed by atoms with Gasteiger partial charge in [0.15, 0.2) is 0 Å². The van der Waals surface area contributed by atoms with Crippen LogP contribution in [0.3, 0.4) is 0 Å². The van der Waals surface area contributed by atoms with Gasteiger partial charge in [0.05, 0.1) is 4.47 Å². The Balaban J connectivity index is 2.41. The van der Waals surface area contributed by atoms with Crippen molar-refractivity contribution >= 4 is 37.8 Å². The monoisotopic (exact) mass is 371 g/mol. The van der Waals surface area contributed by atoms with Crippen LogP contribution in [-0.2, 0) is 0 Å². The molecule has 0 unspecified atom stereocenters. The minimum absolute atomic E-state index is 0.000119. The van der Waals surface area contributed by atoms with Gasteiger partial charge in [0, 0.05) is 10.7 Å². The van der Waals surface area contributed by atoms with Gasteiger partial charge in [-0.1, -0.05) is 12.1 Å². The van der Waals surface area contributed by atoms with Crippen molar-refractivity contribution in [2.75, 3.05) is 0 Å². The second kappa shape index (κ2) is 5.49. The number of carboxylic acid groups (broad SMARTS) is 1. The average molecular weight is 373 g/mol. The number of hydrogen-bond donors (Lipinski definition) is 1. The van der Waals surface area contributed by atoms with Gasteiger partial charge in [-0.05, 0) is 50.1 Å². The summed E-state index contributed by atoms with van der Waals surface area (Å²) in [5, 5.41) is 9.08. The van der Waals surface area contributed by atoms with Crippen molar-refractivity contribution in [3.63, 3.8) is 0 Å². The van der Waals surface area contributed by atoms with Gasteiger partial charge in [-0.3, -0.25) is 0 Å². The number of pyridine rings is 1. The largest absolute Gasteiger partial charge is 0.477 e. The molecule has 1 aromatic carbocycles. The SMILES string of the molecule is O=C(O)c1cc(Br)cnc1Oc1ccccc1Br. The molecule has 0 fully saturated rings. The molecule has 4 nitrogen and oxygen atoms in total. The number of aromatic carboxylic acids is 1. The molecular formula is C12H7Br2NO3. The van der Waals surface area contributed by atoms with Crippen LogP contribution in [0.15, 0.2) is 45.5 Å². The van der Waals surface area contributed by atoms with E-state index in [1.165, 1.54) is 12.3 Å². The van der Waals surface area contributed by atoms with E-state index >= 15 is 0 Å². The summed E-state index contributed by atoms with van der Waals surface area (Å²) in [6.45, 7) is 0. The summed E-state index contributed by atoms with van der Waals surface area (Å²) in [5.41, 5.74) is 0.000119. The first kappa shape index (κ1) is 13.0. The fourth-order valence-corrected chi connectivity index (χ4v) is 1.99. The summed E-state index contributed by atoms with van der Waals surface area (Å²) in [7, 11) is 0. The highest BCUT2D eigenvalue weighted by atomic mass is 79.9. The fraction of sp³-hybridized carbons (Fsp3) is 0. The maximum atomic E-state index is 11.1. The molecule has 0 saturated heterocycles. The van der Waals surface area contributed by atoms with Crippen LogP contribution in [0.1, 0.15) is 10.4 Å². The molecule has 0 aliphatic heterocycles. The topological polar surface area (TPSA) is 59.4 Å². The highest BCUT2D eigenvalue weighted by molar-refractivity contribution is 9.10. The van der Waals surface area contributed by atoms with E-state index in [0.29, 0.717) is 10.2 Å². The Hall–Kier alpha value is -1.40. The average Bonchev–Trinajstić information content (AvgIpc) is 2.34. The van der Waals surface area contributed by atoms with Gasteiger partial charge in [0.2, 0.25) is 5.88 Å². The molecule has 0 aliphatic carbocycles. The van der Waals surface area contributed by atoms with Crippen molar-refractivity contribution < 1.29 is 14.6 Å². The molecule has 0 spiro atoms. The summed E-state index contributed by atoms with van der Waals surface area (Å²) in [6, 6.07) is 8.60. The number of ether oxygens (including phenoxy) is 1. The van der Waals surface area contributed by atoms with Crippen molar-refractivity contribution in [1.29, 1.82) is 0 Å². The molecule has 0 saturated carbocycles. The first-order valence-electron chi connectivity index (χ1n) is 4.89. The molecule has 2 aromatic rings. The lowest BCUT2D eigenvalue weighted by molar-refractivity contribution is 0.0693. The van der Waals surface area contributed by atoms with Crippen molar-refractivity contribution in [1.82, 2.24) is 4.98 Å². The van der Waals surface area contributed by atoms with Crippen LogP contribution in [0.5, 0.6) is 11.6 Å². The summed E-state index contributed by atoms with van der Waals surface area (Å²) in [4.78, 5) is 15.1. The first-order chi connectivity index (χ1) is 8.58. The minimum Gasteiger partial charge on any atom is -0.477 e. The second-order valence-corrected chi connectivity index (χ2v) is 5.11. The van der Waals surface area contributed by atoms with Gasteiger partial charge in [-0.15, -0.1) is 0 Å². The van der Waals surface area contributed by atoms with Gasteiger partial charge >= 0.3 is 5.97 Å². The molecule has 1 aromatic heterocycles. The maximum absolute atomic E-state index is 11.1. The normalized spacial score (nSPS) is 10.1. The van der Waals surface area contributed by atoms with E-state index in [-0.39, 0.29) is 11.4 Å². The van der Waals surface area contributed by atoms with E-state index in [1.54, 1.807) is 18.2 Å². The molecule has 6 heteroatoms. The third-order valence-electron chi connectivity index (χ3n) is 2.09. The van der Waals surface area contributed by atoms with Crippen molar-refractivity contribution in [3.8, 4) is 11.6 Å². The molecule has 0 atom stereocenters. The molecular weight excluding hydrogens is 366 g/mol. The van der Waals surface area contributed by atoms with Crippen LogP contribution < -0.4 is 4.74 Å². The predicted molar refractivity (Wildman–Crippen MR) is 73.1 cm³/mol. The van der Waals surface area contributed by atoms with E-state index in [0.717, 1.165) is 4.47 Å². The fourth-order valence-electron chi connectivity index (χ4n) is 1.29. The number of carboxylic acids is 1. The Bertz CT molecular complexity index is 602. The summed E-state index contributed by atoms with van der Waals surface area (Å²) >= 11 is 6.49. The lowest BCUT2D eigenvalue weighted by Crippen LogP contribution is -2.02. The predicted octanol–water partition coefficient (Wildman–Crippen LogP) is 4.10. The third-order valence-corrected chi connectivity index (χ3v) is 3.18. The standard InChI is InChI=1S/C12H7Br2NO3/c13-7-5-8(12(16)17)11(15-6-7)18-10-4-2-1-3-9(10)14/h1-6H,(H,16,17). The summed E-state index contributed by atoms with van der Waals surface area (Å²) in [6.07, 6.45) is 1.48. The van der Waals surface area contributed by atoms with E-state index < -0.39 is 5.97 Å². The maximum Gasteiger partial charge on any atom is 0.341 e. The van der Waals surface area contributed by atoms with E-state index in [4.69, 9.17) is 9.84 Å². The third kappa shape index (κ3) is 2.88. The number of hydrogen-bond acceptors (Lipinski definition) is 3. The number of halogens is 2. The number of benzene rings is 1. The van der Waals surface area contributed by atoms with Crippen molar-refractivity contribution in [2.45, 2.75) is 0 Å². The van der Waals surface area contributed by atoms with Crippen LogP contribution in [-0.4, -0.2) is 16.1 Å². The summed E-state index contributed by atoms with van der Waals surface area (Å²) < 4.78 is 6.81. The molecule has 1 heterocycles. The second-order valence-electron chi connectivity index (χ2n) is 3.34. The van der Waals surface area contributed by atoms with Crippen molar-refractivity contribution in [2.24, 2.45) is 0 Å². The van der Waals surface area contributed by atoms with E-state index in [9.17, 15) is 4.79 Å². The van der Waals surface area contributed by atoms with Crippen LogP contribution in [0.4, 0.5) is 0 Å². The molecule has 0 radical (unpaired) electrons. The smallest absolute Gasteiger partial charge is 0.341 e. The van der Waals surface area contributed by atoms with Gasteiger partial charge in [0.1, 0.15) is 11.3 Å². The van der Waals surface area contributed by atoms with Gasteiger partial charge < -0.3 is 9.84 Å². The highest BCUT2D eigenvalue weighted by Crippen LogP contribution is 2.30. The molecule has 92 valence electrons. The number of para-hydroxylation sites is 1. The van der Waals surface area contributed by atoms with Crippen LogP contribution in [0.25, 0.3) is 0 Å². The lowest BCUT2D eigenvalue weighted by Gasteiger charge is -2.09. The number of carbonyl (C=O) groups is 1. The molecule has 0 aliphatic rings. The Labute approximate surface area is 120 Å². The quantitative estimate of drug-likeness (QED) is 0.881. The molecule has 0 amide bonds. The van der Waals surface area contributed by atoms with Crippen LogP contribution in [0.2, 0.25) is 0 Å². The van der Waals surface area contributed by atoms with Gasteiger partial charge in [-0.2, -0.15) is 0 Å². The van der Waals surface area contributed by atoms with Crippen LogP contribution in [0, 0.1) is 0 Å². The number of nitrogens with zero attached hydrogens (tertiary/aromatic N) is 1. The lowest BCUT2D eigenvalue weighted by atomic mass is 10.3.